The van der Waals surface area contributed by atoms with Crippen LogP contribution in [0.3, 0.4) is 0 Å². The minimum Gasteiger partial charge on any atom is -0.460 e. The lowest BCUT2D eigenvalue weighted by molar-refractivity contribution is -0.161. The fourth-order valence-electron chi connectivity index (χ4n) is 3.39. The highest BCUT2D eigenvalue weighted by Crippen LogP contribution is 2.28. The van der Waals surface area contributed by atoms with Crippen LogP contribution < -0.4 is 5.73 Å². The molecule has 0 bridgehead atoms. The molecule has 140 valence electrons. The van der Waals surface area contributed by atoms with Crippen molar-refractivity contribution in [3.8, 4) is 0 Å². The normalized spacial score (nSPS) is 26.3. The van der Waals surface area contributed by atoms with E-state index < -0.39 is 5.60 Å². The van der Waals surface area contributed by atoms with Crippen molar-refractivity contribution in [3.63, 3.8) is 0 Å². The zero-order chi connectivity index (χ0) is 16.9. The molecule has 5 nitrogen and oxygen atoms in total. The maximum absolute atomic E-state index is 12.1. The third-order valence-electron chi connectivity index (χ3n) is 4.68. The average molecular weight is 451 g/mol. The SMILES string of the molecule is CC(C)(C)OC(=O)C1CCC(N=C(N)N2CCCCCC2)CC1.I. The van der Waals surface area contributed by atoms with Crippen molar-refractivity contribution in [1.82, 2.24) is 4.90 Å². The zero-order valence-corrected chi connectivity index (χ0v) is 17.8. The molecule has 1 saturated heterocycles. The first-order valence-electron chi connectivity index (χ1n) is 9.16. The van der Waals surface area contributed by atoms with Gasteiger partial charge in [-0.05, 0) is 59.3 Å². The van der Waals surface area contributed by atoms with E-state index in [1.54, 1.807) is 0 Å². The molecule has 0 aromatic heterocycles. The van der Waals surface area contributed by atoms with E-state index in [9.17, 15) is 4.79 Å². The van der Waals surface area contributed by atoms with Crippen LogP contribution in [0, 0.1) is 5.92 Å². The van der Waals surface area contributed by atoms with Crippen molar-refractivity contribution in [2.75, 3.05) is 13.1 Å². The maximum atomic E-state index is 12.1. The number of hydrogen-bond acceptors (Lipinski definition) is 3. The van der Waals surface area contributed by atoms with Crippen molar-refractivity contribution in [1.29, 1.82) is 0 Å². The summed E-state index contributed by atoms with van der Waals surface area (Å²) in [5, 5.41) is 0. The Morgan fingerprint density at radius 3 is 2.08 bits per heavy atom. The Bertz CT molecular complexity index is 418. The minimum absolute atomic E-state index is 0. The van der Waals surface area contributed by atoms with Gasteiger partial charge in [-0.3, -0.25) is 4.79 Å². The van der Waals surface area contributed by atoms with Gasteiger partial charge in [0.15, 0.2) is 5.96 Å². The molecule has 0 unspecified atom stereocenters. The monoisotopic (exact) mass is 451 g/mol. The Morgan fingerprint density at radius 2 is 1.58 bits per heavy atom. The van der Waals surface area contributed by atoms with Crippen LogP contribution in [0.15, 0.2) is 4.99 Å². The van der Waals surface area contributed by atoms with E-state index in [0.717, 1.165) is 38.8 Å². The Labute approximate surface area is 163 Å². The van der Waals surface area contributed by atoms with Gasteiger partial charge in [0, 0.05) is 13.1 Å². The number of aliphatic imine (C=N–C) groups is 1. The lowest BCUT2D eigenvalue weighted by Gasteiger charge is -2.29. The summed E-state index contributed by atoms with van der Waals surface area (Å²) in [5.74, 6) is 0.674. The summed E-state index contributed by atoms with van der Waals surface area (Å²) < 4.78 is 5.49. The maximum Gasteiger partial charge on any atom is 0.309 e. The molecule has 24 heavy (non-hydrogen) atoms. The van der Waals surface area contributed by atoms with E-state index in [0.29, 0.717) is 5.96 Å². The summed E-state index contributed by atoms with van der Waals surface area (Å²) in [4.78, 5) is 19.1. The number of rotatable bonds is 2. The van der Waals surface area contributed by atoms with E-state index in [4.69, 9.17) is 15.5 Å². The Balaban J connectivity index is 0.00000288. The molecule has 1 aliphatic heterocycles. The molecule has 0 amide bonds. The fraction of sp³-hybridized carbons (Fsp3) is 0.889. The van der Waals surface area contributed by atoms with Crippen LogP contribution in [0.25, 0.3) is 0 Å². The van der Waals surface area contributed by atoms with E-state index in [2.05, 4.69) is 4.90 Å². The average Bonchev–Trinajstić information content (AvgIpc) is 2.75. The van der Waals surface area contributed by atoms with E-state index in [1.807, 2.05) is 20.8 Å². The summed E-state index contributed by atoms with van der Waals surface area (Å²) in [7, 11) is 0. The molecule has 2 N–H and O–H groups in total. The number of halogens is 1. The first-order valence-corrected chi connectivity index (χ1v) is 9.16. The number of nitrogens with two attached hydrogens (primary N) is 1. The largest absolute Gasteiger partial charge is 0.460 e. The first kappa shape index (κ1) is 21.5. The number of guanidine groups is 1. The summed E-state index contributed by atoms with van der Waals surface area (Å²) in [6, 6.07) is 0.261. The Morgan fingerprint density at radius 1 is 1.04 bits per heavy atom. The molecule has 2 fully saturated rings. The highest BCUT2D eigenvalue weighted by Gasteiger charge is 2.30. The van der Waals surface area contributed by atoms with E-state index in [-0.39, 0.29) is 41.9 Å². The fourth-order valence-corrected chi connectivity index (χ4v) is 3.39. The molecule has 0 aromatic rings. The van der Waals surface area contributed by atoms with Gasteiger partial charge in [-0.2, -0.15) is 0 Å². The standard InChI is InChI=1S/C18H33N3O2.HI/c1-18(2,3)23-16(22)14-8-10-15(11-9-14)20-17(19)21-12-6-4-5-7-13-21;/h14-15H,4-13H2,1-3H3,(H2,19,20);1H. The molecular weight excluding hydrogens is 417 g/mol. The molecule has 1 heterocycles. The molecule has 0 aromatic carbocycles. The first-order chi connectivity index (χ1) is 10.8. The predicted octanol–water partition coefficient (Wildman–Crippen LogP) is 3.70. The summed E-state index contributed by atoms with van der Waals surface area (Å²) in [6.45, 7) is 7.82. The van der Waals surface area contributed by atoms with Crippen LogP contribution >= 0.6 is 24.0 Å². The second-order valence-corrected chi connectivity index (χ2v) is 7.93. The molecule has 1 saturated carbocycles. The van der Waals surface area contributed by atoms with Gasteiger partial charge in [0.1, 0.15) is 5.60 Å². The number of nitrogens with zero attached hydrogens (tertiary/aromatic N) is 2. The quantitative estimate of drug-likeness (QED) is 0.301. The second-order valence-electron chi connectivity index (χ2n) is 7.93. The van der Waals surface area contributed by atoms with Gasteiger partial charge in [-0.1, -0.05) is 12.8 Å². The van der Waals surface area contributed by atoms with Crippen LogP contribution in [-0.4, -0.2) is 41.6 Å². The van der Waals surface area contributed by atoms with Crippen LogP contribution in [0.5, 0.6) is 0 Å². The van der Waals surface area contributed by atoms with Crippen molar-refractivity contribution in [3.05, 3.63) is 0 Å². The van der Waals surface area contributed by atoms with E-state index in [1.165, 1.54) is 25.7 Å². The third kappa shape index (κ3) is 7.15. The molecule has 0 radical (unpaired) electrons. The summed E-state index contributed by atoms with van der Waals surface area (Å²) in [5.41, 5.74) is 5.81. The van der Waals surface area contributed by atoms with Gasteiger partial charge >= 0.3 is 5.97 Å². The van der Waals surface area contributed by atoms with E-state index >= 15 is 0 Å². The minimum atomic E-state index is -0.400. The zero-order valence-electron chi connectivity index (χ0n) is 15.4. The number of carbonyl (C=O) groups is 1. The highest BCUT2D eigenvalue weighted by atomic mass is 127. The second kappa shape index (κ2) is 9.82. The van der Waals surface area contributed by atoms with Crippen molar-refractivity contribution in [2.24, 2.45) is 16.6 Å². The predicted molar refractivity (Wildman–Crippen MR) is 109 cm³/mol. The van der Waals surface area contributed by atoms with Crippen LogP contribution in [0.2, 0.25) is 0 Å². The molecular formula is C18H34IN3O2. The molecule has 2 rings (SSSR count). The molecule has 2 aliphatic rings. The van der Waals surface area contributed by atoms with Crippen LogP contribution in [0.1, 0.15) is 72.1 Å². The number of likely N-dealkylation sites (tertiary alicyclic amines) is 1. The Hall–Kier alpha value is -0.530. The Kier molecular flexibility index (Phi) is 8.81. The van der Waals surface area contributed by atoms with Gasteiger partial charge in [-0.25, -0.2) is 4.99 Å². The number of esters is 1. The lowest BCUT2D eigenvalue weighted by atomic mass is 9.86. The van der Waals surface area contributed by atoms with Gasteiger partial charge < -0.3 is 15.4 Å². The van der Waals surface area contributed by atoms with Crippen LogP contribution in [0.4, 0.5) is 0 Å². The number of carbonyl (C=O) groups excluding carboxylic acids is 1. The third-order valence-corrected chi connectivity index (χ3v) is 4.68. The lowest BCUT2D eigenvalue weighted by Crippen LogP contribution is -2.39. The van der Waals surface area contributed by atoms with Crippen molar-refractivity contribution < 1.29 is 9.53 Å². The molecule has 0 atom stereocenters. The molecule has 0 spiro atoms. The number of ether oxygens (including phenoxy) is 1. The van der Waals surface area contributed by atoms with Gasteiger partial charge in [-0.15, -0.1) is 24.0 Å². The van der Waals surface area contributed by atoms with Crippen molar-refractivity contribution >= 4 is 35.9 Å². The van der Waals surface area contributed by atoms with Gasteiger partial charge in [0.25, 0.3) is 0 Å². The summed E-state index contributed by atoms with van der Waals surface area (Å²) >= 11 is 0. The van der Waals surface area contributed by atoms with Gasteiger partial charge in [0.2, 0.25) is 0 Å². The highest BCUT2D eigenvalue weighted by molar-refractivity contribution is 14.0. The summed E-state index contributed by atoms with van der Waals surface area (Å²) in [6.07, 6.45) is 8.59. The molecule has 1 aliphatic carbocycles. The topological polar surface area (TPSA) is 67.9 Å². The van der Waals surface area contributed by atoms with Crippen molar-refractivity contribution in [2.45, 2.75) is 83.8 Å². The smallest absolute Gasteiger partial charge is 0.309 e. The van der Waals surface area contributed by atoms with Crippen LogP contribution in [-0.2, 0) is 9.53 Å². The molecule has 6 heteroatoms. The number of hydrogen-bond donors (Lipinski definition) is 1. The van der Waals surface area contributed by atoms with Gasteiger partial charge in [0.05, 0.1) is 12.0 Å².